The van der Waals surface area contributed by atoms with Gasteiger partial charge < -0.3 is 15.7 Å². The molecule has 0 aliphatic rings. The van der Waals surface area contributed by atoms with Crippen LogP contribution in [0.3, 0.4) is 0 Å². The number of rotatable bonds is 5. The van der Waals surface area contributed by atoms with E-state index in [1.54, 1.807) is 12.1 Å². The van der Waals surface area contributed by atoms with Crippen LogP contribution in [-0.4, -0.2) is 23.0 Å². The molecular formula is C14H14IN3O3. The minimum Gasteiger partial charge on any atom is -0.480 e. The normalized spacial score (nSPS) is 12.2. The number of aryl methyl sites for hydroxylation is 1. The van der Waals surface area contributed by atoms with Crippen LogP contribution in [0.5, 0.6) is 0 Å². The van der Waals surface area contributed by atoms with Crippen molar-refractivity contribution in [3.63, 3.8) is 0 Å². The Hall–Kier alpha value is -2.08. The number of halogens is 1. The molecule has 1 aromatic rings. The van der Waals surface area contributed by atoms with Crippen molar-refractivity contribution in [1.82, 2.24) is 5.32 Å². The quantitative estimate of drug-likeness (QED) is 0.400. The molecule has 1 amide bonds. The smallest absolute Gasteiger partial charge is 0.325 e. The predicted octanol–water partition coefficient (Wildman–Crippen LogP) is 2.01. The minimum absolute atomic E-state index is 0.193. The van der Waals surface area contributed by atoms with Gasteiger partial charge in [0.05, 0.1) is 0 Å². The zero-order valence-corrected chi connectivity index (χ0v) is 13.6. The average Bonchev–Trinajstić information content (AvgIpc) is 2.42. The van der Waals surface area contributed by atoms with Gasteiger partial charge in [-0.05, 0) is 60.2 Å². The summed E-state index contributed by atoms with van der Waals surface area (Å²) in [5, 5.41) is 22.8. The third kappa shape index (κ3) is 5.07. The fourth-order valence-electron chi connectivity index (χ4n) is 1.39. The van der Waals surface area contributed by atoms with Gasteiger partial charge in [0, 0.05) is 15.5 Å². The second-order valence-electron chi connectivity index (χ2n) is 4.31. The molecule has 3 N–H and O–H groups in total. The van der Waals surface area contributed by atoms with E-state index in [1.807, 2.05) is 19.1 Å². The summed E-state index contributed by atoms with van der Waals surface area (Å²) >= 11 is 2.16. The Morgan fingerprint density at radius 3 is 2.67 bits per heavy atom. The number of benzene rings is 1. The molecule has 0 saturated carbocycles. The van der Waals surface area contributed by atoms with E-state index in [1.165, 1.54) is 6.92 Å². The van der Waals surface area contributed by atoms with Crippen molar-refractivity contribution >= 4 is 40.2 Å². The molecule has 1 aromatic carbocycles. The molecule has 0 spiro atoms. The van der Waals surface area contributed by atoms with E-state index in [4.69, 9.17) is 10.4 Å². The van der Waals surface area contributed by atoms with Crippen LogP contribution in [0.4, 0.5) is 5.69 Å². The number of carboxylic acids is 1. The monoisotopic (exact) mass is 399 g/mol. The Balaban J connectivity index is 2.83. The zero-order chi connectivity index (χ0) is 16.0. The number of carbonyl (C=O) groups is 2. The van der Waals surface area contributed by atoms with E-state index in [-0.39, 0.29) is 5.57 Å². The number of nitrogens with one attached hydrogen (secondary N) is 2. The lowest BCUT2D eigenvalue weighted by molar-refractivity contribution is -0.138. The molecule has 1 rings (SSSR count). The van der Waals surface area contributed by atoms with E-state index < -0.39 is 17.9 Å². The number of amides is 1. The molecular weight excluding hydrogens is 385 g/mol. The van der Waals surface area contributed by atoms with Gasteiger partial charge in [-0.2, -0.15) is 5.26 Å². The molecule has 0 aliphatic heterocycles. The van der Waals surface area contributed by atoms with Crippen LogP contribution in [0.15, 0.2) is 30.0 Å². The van der Waals surface area contributed by atoms with Gasteiger partial charge in [0.15, 0.2) is 0 Å². The Labute approximate surface area is 136 Å². The number of aliphatic carboxylic acids is 1. The minimum atomic E-state index is -1.07. The van der Waals surface area contributed by atoms with Gasteiger partial charge in [0.2, 0.25) is 0 Å². The summed E-state index contributed by atoms with van der Waals surface area (Å²) in [6.45, 7) is 3.26. The van der Waals surface area contributed by atoms with Gasteiger partial charge in [-0.25, -0.2) is 0 Å². The van der Waals surface area contributed by atoms with Gasteiger partial charge in [0.25, 0.3) is 5.91 Å². The molecule has 0 radical (unpaired) electrons. The van der Waals surface area contributed by atoms with E-state index >= 15 is 0 Å². The second-order valence-corrected chi connectivity index (χ2v) is 5.56. The number of hydrogen-bond donors (Lipinski definition) is 3. The molecule has 0 fully saturated rings. The summed E-state index contributed by atoms with van der Waals surface area (Å²) < 4.78 is 1.04. The molecule has 7 heteroatoms. The largest absolute Gasteiger partial charge is 0.480 e. The lowest BCUT2D eigenvalue weighted by Crippen LogP contribution is -2.30. The Bertz CT molecular complexity index is 635. The van der Waals surface area contributed by atoms with E-state index in [0.717, 1.165) is 15.3 Å². The topological polar surface area (TPSA) is 102 Å². The van der Waals surface area contributed by atoms with Crippen LogP contribution in [-0.2, 0) is 9.59 Å². The fourth-order valence-corrected chi connectivity index (χ4v) is 2.03. The first kappa shape index (κ1) is 17.0. The highest BCUT2D eigenvalue weighted by Crippen LogP contribution is 2.18. The number of anilines is 1. The van der Waals surface area contributed by atoms with Gasteiger partial charge in [-0.15, -0.1) is 0 Å². The molecule has 1 atom stereocenters. The molecule has 0 saturated heterocycles. The van der Waals surface area contributed by atoms with Crippen molar-refractivity contribution in [3.05, 3.63) is 39.1 Å². The first-order valence-corrected chi connectivity index (χ1v) is 7.09. The van der Waals surface area contributed by atoms with Crippen molar-refractivity contribution in [1.29, 1.82) is 5.26 Å². The summed E-state index contributed by atoms with van der Waals surface area (Å²) in [6, 6.07) is 6.34. The van der Waals surface area contributed by atoms with Crippen LogP contribution < -0.4 is 10.6 Å². The Kier molecular flexibility index (Phi) is 6.17. The number of hydrogen-bond acceptors (Lipinski definition) is 4. The summed E-state index contributed by atoms with van der Waals surface area (Å²) in [4.78, 5) is 22.6. The molecule has 0 heterocycles. The Morgan fingerprint density at radius 1 is 1.48 bits per heavy atom. The maximum absolute atomic E-state index is 12.0. The lowest BCUT2D eigenvalue weighted by Gasteiger charge is -2.09. The van der Waals surface area contributed by atoms with Crippen LogP contribution in [0, 0.1) is 21.8 Å². The van der Waals surface area contributed by atoms with Crippen molar-refractivity contribution in [2.45, 2.75) is 19.9 Å². The molecule has 21 heavy (non-hydrogen) atoms. The van der Waals surface area contributed by atoms with Crippen molar-refractivity contribution in [2.75, 3.05) is 5.32 Å². The third-order valence-corrected chi connectivity index (χ3v) is 3.32. The molecule has 110 valence electrons. The SMILES string of the molecule is Cc1cc(I)ccc1NC(=O)/C(C#N)=C\NC(C)C(=O)O. The van der Waals surface area contributed by atoms with E-state index in [2.05, 4.69) is 33.2 Å². The maximum Gasteiger partial charge on any atom is 0.325 e. The third-order valence-electron chi connectivity index (χ3n) is 2.65. The summed E-state index contributed by atoms with van der Waals surface area (Å²) in [5.74, 6) is -1.66. The maximum atomic E-state index is 12.0. The molecule has 0 aromatic heterocycles. The zero-order valence-electron chi connectivity index (χ0n) is 11.5. The van der Waals surface area contributed by atoms with E-state index in [9.17, 15) is 9.59 Å². The first-order chi connectivity index (χ1) is 9.85. The van der Waals surface area contributed by atoms with Crippen molar-refractivity contribution in [2.24, 2.45) is 0 Å². The van der Waals surface area contributed by atoms with Crippen molar-refractivity contribution < 1.29 is 14.7 Å². The van der Waals surface area contributed by atoms with Crippen LogP contribution in [0.1, 0.15) is 12.5 Å². The van der Waals surface area contributed by atoms with Crippen LogP contribution in [0.2, 0.25) is 0 Å². The first-order valence-electron chi connectivity index (χ1n) is 6.01. The number of nitriles is 1. The fraction of sp³-hybridized carbons (Fsp3) is 0.214. The van der Waals surface area contributed by atoms with Gasteiger partial charge in [-0.3, -0.25) is 9.59 Å². The highest BCUT2D eigenvalue weighted by Gasteiger charge is 2.13. The van der Waals surface area contributed by atoms with Gasteiger partial charge in [-0.1, -0.05) is 0 Å². The lowest BCUT2D eigenvalue weighted by atomic mass is 10.2. The second kappa shape index (κ2) is 7.64. The highest BCUT2D eigenvalue weighted by molar-refractivity contribution is 14.1. The Morgan fingerprint density at radius 2 is 2.14 bits per heavy atom. The molecule has 0 bridgehead atoms. The summed E-state index contributed by atoms with van der Waals surface area (Å²) in [6.07, 6.45) is 1.11. The average molecular weight is 399 g/mol. The van der Waals surface area contributed by atoms with Crippen molar-refractivity contribution in [3.8, 4) is 6.07 Å². The van der Waals surface area contributed by atoms with Gasteiger partial charge >= 0.3 is 5.97 Å². The van der Waals surface area contributed by atoms with Crippen LogP contribution >= 0.6 is 22.6 Å². The molecule has 0 aliphatic carbocycles. The summed E-state index contributed by atoms with van der Waals surface area (Å²) in [7, 11) is 0. The number of carbonyl (C=O) groups excluding carboxylic acids is 1. The van der Waals surface area contributed by atoms with Gasteiger partial charge in [0.1, 0.15) is 17.7 Å². The standard InChI is InChI=1S/C14H14IN3O3/c1-8-5-11(15)3-4-12(8)18-13(19)10(6-16)7-17-9(2)14(20)21/h3-5,7,9,17H,1-2H3,(H,18,19)(H,20,21)/b10-7-. The van der Waals surface area contributed by atoms with Crippen LogP contribution in [0.25, 0.3) is 0 Å². The summed E-state index contributed by atoms with van der Waals surface area (Å²) in [5.41, 5.74) is 1.29. The number of nitrogens with zero attached hydrogens (tertiary/aromatic N) is 1. The molecule has 1 unspecified atom stereocenters. The predicted molar refractivity (Wildman–Crippen MR) is 86.5 cm³/mol. The highest BCUT2D eigenvalue weighted by atomic mass is 127. The number of carboxylic acid groups (broad SMARTS) is 1. The van der Waals surface area contributed by atoms with E-state index in [0.29, 0.717) is 5.69 Å². The molecule has 6 nitrogen and oxygen atoms in total.